The van der Waals surface area contributed by atoms with Crippen LogP contribution in [0.4, 0.5) is 0 Å². The average Bonchev–Trinajstić information content (AvgIpc) is 2.71. The molecule has 1 aromatic heterocycles. The number of aromatic nitrogens is 2. The molecular weight excluding hydrogens is 196 g/mol. The fourth-order valence-electron chi connectivity index (χ4n) is 1.79. The highest BCUT2D eigenvalue weighted by molar-refractivity contribution is 6.99. The number of piperidine rings is 1. The maximum absolute atomic E-state index is 8.96. The van der Waals surface area contributed by atoms with Crippen LogP contribution in [0.1, 0.15) is 25.0 Å². The highest BCUT2D eigenvalue weighted by atomic mass is 32.1. The molecule has 1 aliphatic rings. The van der Waals surface area contributed by atoms with E-state index in [0.29, 0.717) is 0 Å². The lowest BCUT2D eigenvalue weighted by Gasteiger charge is -2.30. The summed E-state index contributed by atoms with van der Waals surface area (Å²) >= 11 is 1.23. The van der Waals surface area contributed by atoms with E-state index in [1.807, 2.05) is 0 Å². The van der Waals surface area contributed by atoms with E-state index < -0.39 is 0 Å². The average molecular weight is 208 g/mol. The van der Waals surface area contributed by atoms with Gasteiger partial charge in [0, 0.05) is 6.54 Å². The zero-order chi connectivity index (χ0) is 9.80. The fraction of sp³-hybridized carbons (Fsp3) is 0.667. The van der Waals surface area contributed by atoms with E-state index in [1.165, 1.54) is 24.6 Å². The van der Waals surface area contributed by atoms with Gasteiger partial charge in [-0.05, 0) is 25.8 Å². The molecule has 1 fully saturated rings. The van der Waals surface area contributed by atoms with Crippen LogP contribution in [0.2, 0.25) is 0 Å². The fourth-order valence-corrected chi connectivity index (χ4v) is 2.21. The molecule has 5 heteroatoms. The normalized spacial score (nSPS) is 23.2. The van der Waals surface area contributed by atoms with Crippen molar-refractivity contribution < 1.29 is 0 Å². The summed E-state index contributed by atoms with van der Waals surface area (Å²) in [6.07, 6.45) is 5.14. The predicted molar refractivity (Wildman–Crippen MR) is 53.6 cm³/mol. The summed E-state index contributed by atoms with van der Waals surface area (Å²) in [5, 5.41) is 8.96. The van der Waals surface area contributed by atoms with Crippen LogP contribution in [-0.4, -0.2) is 26.2 Å². The highest BCUT2D eigenvalue weighted by Crippen LogP contribution is 2.18. The molecule has 0 saturated carbocycles. The first kappa shape index (κ1) is 9.56. The summed E-state index contributed by atoms with van der Waals surface area (Å²) in [5.41, 5.74) is 0.983. The second kappa shape index (κ2) is 4.49. The quantitative estimate of drug-likeness (QED) is 0.737. The predicted octanol–water partition coefficient (Wildman–Crippen LogP) is 1.42. The van der Waals surface area contributed by atoms with Gasteiger partial charge in [0.15, 0.2) is 0 Å². The molecule has 14 heavy (non-hydrogen) atoms. The van der Waals surface area contributed by atoms with Crippen molar-refractivity contribution in [2.45, 2.75) is 31.8 Å². The van der Waals surface area contributed by atoms with Gasteiger partial charge in [-0.15, -0.1) is 0 Å². The second-order valence-corrected chi connectivity index (χ2v) is 4.07. The summed E-state index contributed by atoms with van der Waals surface area (Å²) in [6, 6.07) is 2.42. The molecule has 0 bridgehead atoms. The van der Waals surface area contributed by atoms with Gasteiger partial charge in [0.1, 0.15) is 0 Å². The highest BCUT2D eigenvalue weighted by Gasteiger charge is 2.22. The zero-order valence-electron chi connectivity index (χ0n) is 7.89. The number of nitriles is 1. The maximum Gasteiger partial charge on any atom is 0.0981 e. The van der Waals surface area contributed by atoms with Crippen LogP contribution in [0.5, 0.6) is 0 Å². The third-order valence-corrected chi connectivity index (χ3v) is 3.05. The molecule has 0 radical (unpaired) electrons. The molecule has 4 nitrogen and oxygen atoms in total. The van der Waals surface area contributed by atoms with E-state index in [-0.39, 0.29) is 6.04 Å². The van der Waals surface area contributed by atoms with Crippen LogP contribution in [0.15, 0.2) is 6.20 Å². The minimum atomic E-state index is 0.0745. The van der Waals surface area contributed by atoms with E-state index in [1.54, 1.807) is 6.20 Å². The number of nitrogens with zero attached hydrogens (tertiary/aromatic N) is 4. The molecule has 2 rings (SSSR count). The molecule has 1 unspecified atom stereocenters. The molecule has 1 atom stereocenters. The van der Waals surface area contributed by atoms with Crippen molar-refractivity contribution in [2.24, 2.45) is 0 Å². The third kappa shape index (κ3) is 2.08. The molecule has 0 amide bonds. The molecule has 74 valence electrons. The van der Waals surface area contributed by atoms with Crippen molar-refractivity contribution in [3.63, 3.8) is 0 Å². The SMILES string of the molecule is N#CC1CCCCN1Cc1cnsn1. The Hall–Kier alpha value is -0.990. The topological polar surface area (TPSA) is 52.8 Å². The van der Waals surface area contributed by atoms with Gasteiger partial charge in [0.05, 0.1) is 35.7 Å². The lowest BCUT2D eigenvalue weighted by molar-refractivity contribution is 0.175. The van der Waals surface area contributed by atoms with Gasteiger partial charge in [-0.3, -0.25) is 4.90 Å². The second-order valence-electron chi connectivity index (χ2n) is 3.51. The molecule has 0 aromatic carbocycles. The van der Waals surface area contributed by atoms with Crippen molar-refractivity contribution in [1.29, 1.82) is 5.26 Å². The van der Waals surface area contributed by atoms with Crippen molar-refractivity contribution in [3.05, 3.63) is 11.9 Å². The minimum Gasteiger partial charge on any atom is -0.282 e. The molecular formula is C9H12N4S. The van der Waals surface area contributed by atoms with Crippen LogP contribution in [0.25, 0.3) is 0 Å². The van der Waals surface area contributed by atoms with E-state index in [9.17, 15) is 0 Å². The summed E-state index contributed by atoms with van der Waals surface area (Å²) in [7, 11) is 0. The van der Waals surface area contributed by atoms with Crippen LogP contribution >= 0.6 is 11.7 Å². The molecule has 0 N–H and O–H groups in total. The zero-order valence-corrected chi connectivity index (χ0v) is 8.70. The first-order chi connectivity index (χ1) is 6.90. The van der Waals surface area contributed by atoms with Gasteiger partial charge >= 0.3 is 0 Å². The largest absolute Gasteiger partial charge is 0.282 e. The van der Waals surface area contributed by atoms with Gasteiger partial charge in [-0.2, -0.15) is 14.0 Å². The Balaban J connectivity index is 1.99. The smallest absolute Gasteiger partial charge is 0.0981 e. The number of hydrogen-bond acceptors (Lipinski definition) is 5. The number of rotatable bonds is 2. The Bertz CT molecular complexity index is 316. The summed E-state index contributed by atoms with van der Waals surface area (Å²) in [5.74, 6) is 0. The summed E-state index contributed by atoms with van der Waals surface area (Å²) in [4.78, 5) is 2.19. The van der Waals surface area contributed by atoms with Crippen LogP contribution in [0.3, 0.4) is 0 Å². The van der Waals surface area contributed by atoms with Gasteiger partial charge in [-0.25, -0.2) is 0 Å². The molecule has 2 heterocycles. The van der Waals surface area contributed by atoms with E-state index in [4.69, 9.17) is 5.26 Å². The van der Waals surface area contributed by atoms with Crippen molar-refractivity contribution in [1.82, 2.24) is 13.6 Å². The Morgan fingerprint density at radius 1 is 1.64 bits per heavy atom. The van der Waals surface area contributed by atoms with Gasteiger partial charge in [-0.1, -0.05) is 0 Å². The van der Waals surface area contributed by atoms with Gasteiger partial charge in [0.25, 0.3) is 0 Å². The minimum absolute atomic E-state index is 0.0745. The van der Waals surface area contributed by atoms with Crippen LogP contribution in [0, 0.1) is 11.3 Å². The van der Waals surface area contributed by atoms with Crippen molar-refractivity contribution >= 4 is 11.7 Å². The molecule has 1 aromatic rings. The molecule has 1 aliphatic heterocycles. The monoisotopic (exact) mass is 208 g/mol. The first-order valence-corrected chi connectivity index (χ1v) is 5.53. The van der Waals surface area contributed by atoms with Crippen molar-refractivity contribution in [2.75, 3.05) is 6.54 Å². The van der Waals surface area contributed by atoms with Gasteiger partial charge < -0.3 is 0 Å². The standard InChI is InChI=1S/C9H12N4S/c10-5-9-3-1-2-4-13(9)7-8-6-11-14-12-8/h6,9H,1-4,7H2. The van der Waals surface area contributed by atoms with Crippen molar-refractivity contribution in [3.8, 4) is 6.07 Å². The summed E-state index contributed by atoms with van der Waals surface area (Å²) < 4.78 is 8.12. The van der Waals surface area contributed by atoms with E-state index in [2.05, 4.69) is 19.7 Å². The van der Waals surface area contributed by atoms with E-state index >= 15 is 0 Å². The van der Waals surface area contributed by atoms with E-state index in [0.717, 1.165) is 25.2 Å². The Morgan fingerprint density at radius 2 is 2.57 bits per heavy atom. The van der Waals surface area contributed by atoms with Crippen LogP contribution < -0.4 is 0 Å². The molecule has 0 aliphatic carbocycles. The third-order valence-electron chi connectivity index (χ3n) is 2.53. The van der Waals surface area contributed by atoms with Crippen LogP contribution in [-0.2, 0) is 6.54 Å². The number of hydrogen-bond donors (Lipinski definition) is 0. The Morgan fingerprint density at radius 3 is 3.29 bits per heavy atom. The molecule has 1 saturated heterocycles. The lowest BCUT2D eigenvalue weighted by atomic mass is 10.0. The lowest BCUT2D eigenvalue weighted by Crippen LogP contribution is -2.37. The molecule has 0 spiro atoms. The first-order valence-electron chi connectivity index (χ1n) is 4.80. The Kier molecular flexibility index (Phi) is 3.07. The number of likely N-dealkylation sites (tertiary alicyclic amines) is 1. The Labute approximate surface area is 87.5 Å². The van der Waals surface area contributed by atoms with Gasteiger partial charge in [0.2, 0.25) is 0 Å². The summed E-state index contributed by atoms with van der Waals surface area (Å²) in [6.45, 7) is 1.78. The maximum atomic E-state index is 8.96.